The van der Waals surface area contributed by atoms with Gasteiger partial charge in [-0.05, 0) is 46.9 Å². The molecule has 0 saturated heterocycles. The van der Waals surface area contributed by atoms with E-state index in [1.807, 2.05) is 60.7 Å². The highest BCUT2D eigenvalue weighted by Crippen LogP contribution is 2.37. The molecule has 0 unspecified atom stereocenters. The van der Waals surface area contributed by atoms with Crippen LogP contribution in [0.25, 0.3) is 0 Å². The van der Waals surface area contributed by atoms with E-state index in [9.17, 15) is 22.8 Å². The lowest BCUT2D eigenvalue weighted by Crippen LogP contribution is -2.31. The molecule has 1 amide bonds. The van der Waals surface area contributed by atoms with Gasteiger partial charge in [0.15, 0.2) is 0 Å². The van der Waals surface area contributed by atoms with Gasteiger partial charge >= 0.3 is 12.1 Å². The lowest BCUT2D eigenvalue weighted by molar-refractivity contribution is -0.138. The highest BCUT2D eigenvalue weighted by atomic mass is 35.5. The van der Waals surface area contributed by atoms with Crippen molar-refractivity contribution in [1.29, 1.82) is 0 Å². The fourth-order valence-electron chi connectivity index (χ4n) is 5.07. The van der Waals surface area contributed by atoms with Gasteiger partial charge in [-0.15, -0.1) is 0 Å². The summed E-state index contributed by atoms with van der Waals surface area (Å²) in [5.41, 5.74) is 2.38. The third kappa shape index (κ3) is 10.4. The van der Waals surface area contributed by atoms with Gasteiger partial charge in [0, 0.05) is 25.6 Å². The molecule has 0 aliphatic heterocycles. The Kier molecular flexibility index (Phi) is 12.0. The van der Waals surface area contributed by atoms with E-state index in [4.69, 9.17) is 21.4 Å². The standard InChI is InChI=1S/C35H34ClF3N2O4/c36-34-28(15-8-17-31(34)35(37,38)39)23-41(24-30(26-11-3-1-4-12-26)27-13-5-2-6-14-27)18-9-19-45-29-16-7-10-25(20-29)21-32(42)40-22-33(43)44/h1-8,10-17,20,30H,9,18-19,21-24H2,(H,40,42)(H,43,44). The van der Waals surface area contributed by atoms with Gasteiger partial charge in [-0.25, -0.2) is 0 Å². The van der Waals surface area contributed by atoms with Crippen LogP contribution < -0.4 is 10.1 Å². The molecule has 236 valence electrons. The fraction of sp³-hybridized carbons (Fsp3) is 0.257. The van der Waals surface area contributed by atoms with Crippen LogP contribution in [0.3, 0.4) is 0 Å². The summed E-state index contributed by atoms with van der Waals surface area (Å²) < 4.78 is 46.9. The molecule has 45 heavy (non-hydrogen) atoms. The van der Waals surface area contributed by atoms with E-state index >= 15 is 0 Å². The second kappa shape index (κ2) is 16.1. The van der Waals surface area contributed by atoms with Crippen molar-refractivity contribution < 1.29 is 32.6 Å². The van der Waals surface area contributed by atoms with Crippen LogP contribution in [0.1, 0.15) is 40.2 Å². The quantitative estimate of drug-likeness (QED) is 0.135. The number of hydrogen-bond acceptors (Lipinski definition) is 4. The largest absolute Gasteiger partial charge is 0.494 e. The number of nitrogens with zero attached hydrogens (tertiary/aromatic N) is 1. The lowest BCUT2D eigenvalue weighted by atomic mass is 9.90. The Morgan fingerprint density at radius 3 is 2.16 bits per heavy atom. The van der Waals surface area contributed by atoms with Gasteiger partial charge in [0.2, 0.25) is 5.91 Å². The predicted molar refractivity (Wildman–Crippen MR) is 167 cm³/mol. The number of nitrogens with one attached hydrogen (secondary N) is 1. The van der Waals surface area contributed by atoms with Crippen LogP contribution in [0.2, 0.25) is 5.02 Å². The molecule has 0 radical (unpaired) electrons. The van der Waals surface area contributed by atoms with Crippen molar-refractivity contribution in [3.63, 3.8) is 0 Å². The van der Waals surface area contributed by atoms with E-state index in [1.165, 1.54) is 6.07 Å². The zero-order valence-corrected chi connectivity index (χ0v) is 25.2. The van der Waals surface area contributed by atoms with Crippen molar-refractivity contribution in [2.45, 2.75) is 31.5 Å². The molecule has 0 aliphatic rings. The summed E-state index contributed by atoms with van der Waals surface area (Å²) >= 11 is 6.31. The lowest BCUT2D eigenvalue weighted by Gasteiger charge is -2.29. The van der Waals surface area contributed by atoms with Crippen molar-refractivity contribution in [1.82, 2.24) is 10.2 Å². The SMILES string of the molecule is O=C(O)CNC(=O)Cc1cccc(OCCCN(Cc2cccc(C(F)(F)F)c2Cl)CC(c2ccccc2)c2ccccc2)c1. The number of hydrogen-bond donors (Lipinski definition) is 2. The second-order valence-corrected chi connectivity index (χ2v) is 11.0. The highest BCUT2D eigenvalue weighted by Gasteiger charge is 2.34. The van der Waals surface area contributed by atoms with E-state index < -0.39 is 30.2 Å². The normalized spacial score (nSPS) is 11.5. The second-order valence-electron chi connectivity index (χ2n) is 10.6. The summed E-state index contributed by atoms with van der Waals surface area (Å²) in [5, 5.41) is 10.8. The van der Waals surface area contributed by atoms with E-state index in [1.54, 1.807) is 30.3 Å². The number of amides is 1. The molecule has 6 nitrogen and oxygen atoms in total. The minimum Gasteiger partial charge on any atom is -0.494 e. The van der Waals surface area contributed by atoms with Gasteiger partial charge in [-0.2, -0.15) is 13.2 Å². The number of rotatable bonds is 15. The molecule has 0 saturated carbocycles. The monoisotopic (exact) mass is 638 g/mol. The zero-order valence-electron chi connectivity index (χ0n) is 24.5. The number of aliphatic carboxylic acids is 1. The average molecular weight is 639 g/mol. The molecule has 0 aromatic heterocycles. The first kappa shape index (κ1) is 33.6. The third-order valence-corrected chi connectivity index (χ3v) is 7.66. The molecular weight excluding hydrogens is 605 g/mol. The Morgan fingerprint density at radius 2 is 1.53 bits per heavy atom. The van der Waals surface area contributed by atoms with E-state index in [0.29, 0.717) is 43.0 Å². The third-order valence-electron chi connectivity index (χ3n) is 7.21. The van der Waals surface area contributed by atoms with E-state index in [0.717, 1.165) is 17.2 Å². The minimum absolute atomic E-state index is 0.0103. The number of alkyl halides is 3. The smallest absolute Gasteiger partial charge is 0.417 e. The van der Waals surface area contributed by atoms with Gasteiger partial charge in [0.05, 0.1) is 23.6 Å². The van der Waals surface area contributed by atoms with Crippen molar-refractivity contribution in [3.05, 3.63) is 136 Å². The first-order valence-corrected chi connectivity index (χ1v) is 14.8. The molecular formula is C35H34ClF3N2O4. The number of halogens is 4. The maximum absolute atomic E-state index is 13.6. The Bertz CT molecular complexity index is 1510. The zero-order chi connectivity index (χ0) is 32.2. The van der Waals surface area contributed by atoms with E-state index in [-0.39, 0.29) is 23.9 Å². The minimum atomic E-state index is -4.56. The number of ether oxygens (including phenoxy) is 1. The number of carbonyl (C=O) groups is 2. The summed E-state index contributed by atoms with van der Waals surface area (Å²) in [7, 11) is 0. The first-order chi connectivity index (χ1) is 21.6. The molecule has 0 aliphatic carbocycles. The highest BCUT2D eigenvalue weighted by molar-refractivity contribution is 6.32. The Hall–Kier alpha value is -4.34. The summed E-state index contributed by atoms with van der Waals surface area (Å²) in [6, 6.07) is 30.9. The van der Waals surface area contributed by atoms with Crippen molar-refractivity contribution in [2.75, 3.05) is 26.2 Å². The van der Waals surface area contributed by atoms with E-state index in [2.05, 4.69) is 10.2 Å². The topological polar surface area (TPSA) is 78.9 Å². The van der Waals surface area contributed by atoms with Crippen LogP contribution >= 0.6 is 11.6 Å². The Labute approximate surface area is 265 Å². The molecule has 10 heteroatoms. The van der Waals surface area contributed by atoms with Crippen LogP contribution in [-0.4, -0.2) is 48.1 Å². The van der Waals surface area contributed by atoms with Crippen LogP contribution in [0.5, 0.6) is 5.75 Å². The molecule has 4 rings (SSSR count). The van der Waals surface area contributed by atoms with Crippen molar-refractivity contribution in [3.8, 4) is 5.75 Å². The molecule has 2 N–H and O–H groups in total. The number of carboxylic acid groups (broad SMARTS) is 1. The molecule has 0 atom stereocenters. The van der Waals surface area contributed by atoms with Crippen LogP contribution in [0.4, 0.5) is 13.2 Å². The Morgan fingerprint density at radius 1 is 0.889 bits per heavy atom. The predicted octanol–water partition coefficient (Wildman–Crippen LogP) is 7.21. The van der Waals surface area contributed by atoms with Gasteiger partial charge in [0.1, 0.15) is 12.3 Å². The van der Waals surface area contributed by atoms with Gasteiger partial charge in [0.25, 0.3) is 0 Å². The summed E-state index contributed by atoms with van der Waals surface area (Å²) in [4.78, 5) is 24.8. The summed E-state index contributed by atoms with van der Waals surface area (Å²) in [6.45, 7) is 1.12. The van der Waals surface area contributed by atoms with Crippen LogP contribution in [0.15, 0.2) is 103 Å². The molecule has 4 aromatic rings. The number of benzene rings is 4. The van der Waals surface area contributed by atoms with Gasteiger partial charge in [-0.3, -0.25) is 14.5 Å². The number of carboxylic acids is 1. The fourth-order valence-corrected chi connectivity index (χ4v) is 5.37. The van der Waals surface area contributed by atoms with Crippen molar-refractivity contribution >= 4 is 23.5 Å². The first-order valence-electron chi connectivity index (χ1n) is 14.5. The summed E-state index contributed by atoms with van der Waals surface area (Å²) in [5.74, 6) is -1.02. The average Bonchev–Trinajstić information content (AvgIpc) is 3.02. The summed E-state index contributed by atoms with van der Waals surface area (Å²) in [6.07, 6.45) is -3.99. The number of carbonyl (C=O) groups excluding carboxylic acids is 1. The van der Waals surface area contributed by atoms with Crippen LogP contribution in [0, 0.1) is 0 Å². The maximum Gasteiger partial charge on any atom is 0.417 e. The van der Waals surface area contributed by atoms with Crippen molar-refractivity contribution in [2.24, 2.45) is 0 Å². The van der Waals surface area contributed by atoms with Gasteiger partial charge in [-0.1, -0.05) is 96.5 Å². The Balaban J connectivity index is 1.49. The van der Waals surface area contributed by atoms with Crippen LogP contribution in [-0.2, 0) is 28.7 Å². The molecule has 0 fully saturated rings. The molecule has 0 spiro atoms. The molecule has 4 aromatic carbocycles. The van der Waals surface area contributed by atoms with Gasteiger partial charge < -0.3 is 15.2 Å². The maximum atomic E-state index is 13.6. The molecule has 0 bridgehead atoms. The molecule has 0 heterocycles.